The van der Waals surface area contributed by atoms with Crippen LogP contribution in [0.3, 0.4) is 0 Å². The topological polar surface area (TPSA) is 35.9 Å². The van der Waals surface area contributed by atoms with Crippen molar-refractivity contribution >= 4 is 5.71 Å². The maximum Gasteiger partial charge on any atom is 0.0330 e. The molecule has 2 nitrogen and oxygen atoms in total. The number of nitrogens with one attached hydrogen (secondary N) is 2. The molecule has 86 valence electrons. The predicted molar refractivity (Wildman–Crippen MR) is 68.4 cm³/mol. The third kappa shape index (κ3) is 2.70. The van der Waals surface area contributed by atoms with Gasteiger partial charge in [0.05, 0.1) is 0 Å². The Balaban J connectivity index is 1.99. The summed E-state index contributed by atoms with van der Waals surface area (Å²) in [4.78, 5) is 0. The van der Waals surface area contributed by atoms with E-state index in [-0.39, 0.29) is 0 Å². The van der Waals surface area contributed by atoms with Crippen LogP contribution in [-0.4, -0.2) is 18.8 Å². The van der Waals surface area contributed by atoms with E-state index < -0.39 is 0 Å². The highest BCUT2D eigenvalue weighted by molar-refractivity contribution is 5.80. The van der Waals surface area contributed by atoms with Gasteiger partial charge in [-0.1, -0.05) is 24.3 Å². The van der Waals surface area contributed by atoms with Crippen LogP contribution in [0.1, 0.15) is 36.8 Å². The van der Waals surface area contributed by atoms with E-state index in [0.29, 0.717) is 11.6 Å². The minimum absolute atomic E-state index is 0.643. The summed E-state index contributed by atoms with van der Waals surface area (Å²) in [5.41, 5.74) is 3.75. The fourth-order valence-electron chi connectivity index (χ4n) is 2.50. The predicted octanol–water partition coefficient (Wildman–Crippen LogP) is 2.74. The van der Waals surface area contributed by atoms with Crippen molar-refractivity contribution in [3.05, 3.63) is 35.4 Å². The van der Waals surface area contributed by atoms with Gasteiger partial charge in [-0.2, -0.15) is 0 Å². The fourth-order valence-corrected chi connectivity index (χ4v) is 2.50. The van der Waals surface area contributed by atoms with Gasteiger partial charge >= 0.3 is 0 Å². The number of hydrogen-bond acceptors (Lipinski definition) is 2. The molecule has 0 radical (unpaired) electrons. The SMILES string of the molecule is CC(=N)CNCC1CCCc2ccccc21. The first kappa shape index (κ1) is 11.3. The normalized spacial score (nSPS) is 19.2. The third-order valence-electron chi connectivity index (χ3n) is 3.27. The van der Waals surface area contributed by atoms with Gasteiger partial charge in [0.25, 0.3) is 0 Å². The average Bonchev–Trinajstić information content (AvgIpc) is 2.29. The molecule has 0 amide bonds. The standard InChI is InChI=1S/C14H20N2/c1-11(15)9-16-10-13-7-4-6-12-5-2-3-8-14(12)13/h2-3,5,8,13,15-16H,4,6-7,9-10H2,1H3. The molecule has 0 saturated carbocycles. The molecule has 1 aromatic rings. The summed E-state index contributed by atoms with van der Waals surface area (Å²) in [6.45, 7) is 3.58. The zero-order valence-electron chi connectivity index (χ0n) is 9.92. The lowest BCUT2D eigenvalue weighted by molar-refractivity contribution is 0.522. The van der Waals surface area contributed by atoms with Gasteiger partial charge in [-0.05, 0) is 43.2 Å². The van der Waals surface area contributed by atoms with Crippen molar-refractivity contribution in [3.63, 3.8) is 0 Å². The lowest BCUT2D eigenvalue weighted by Gasteiger charge is -2.25. The molecule has 0 aliphatic heterocycles. The Morgan fingerprint density at radius 3 is 3.06 bits per heavy atom. The van der Waals surface area contributed by atoms with Crippen molar-refractivity contribution < 1.29 is 0 Å². The monoisotopic (exact) mass is 216 g/mol. The molecule has 1 atom stereocenters. The van der Waals surface area contributed by atoms with Crippen LogP contribution in [-0.2, 0) is 6.42 Å². The van der Waals surface area contributed by atoms with Crippen LogP contribution in [0.25, 0.3) is 0 Å². The van der Waals surface area contributed by atoms with E-state index in [0.717, 1.165) is 13.1 Å². The van der Waals surface area contributed by atoms with Crippen molar-refractivity contribution in [2.45, 2.75) is 32.1 Å². The molecule has 0 bridgehead atoms. The summed E-state index contributed by atoms with van der Waals surface area (Å²) in [5, 5.41) is 10.8. The van der Waals surface area contributed by atoms with E-state index in [4.69, 9.17) is 5.41 Å². The van der Waals surface area contributed by atoms with Crippen LogP contribution in [0, 0.1) is 5.41 Å². The molecule has 0 fully saturated rings. The average molecular weight is 216 g/mol. The van der Waals surface area contributed by atoms with Gasteiger partial charge in [0.1, 0.15) is 0 Å². The zero-order valence-corrected chi connectivity index (χ0v) is 9.92. The first-order valence-electron chi connectivity index (χ1n) is 6.10. The molecule has 0 saturated heterocycles. The Labute approximate surface area is 97.6 Å². The number of benzene rings is 1. The first-order valence-corrected chi connectivity index (χ1v) is 6.10. The highest BCUT2D eigenvalue weighted by Gasteiger charge is 2.18. The van der Waals surface area contributed by atoms with Gasteiger partial charge in [-0.15, -0.1) is 0 Å². The van der Waals surface area contributed by atoms with Crippen LogP contribution < -0.4 is 5.32 Å². The lowest BCUT2D eigenvalue weighted by atomic mass is 9.83. The van der Waals surface area contributed by atoms with Gasteiger partial charge < -0.3 is 10.7 Å². The van der Waals surface area contributed by atoms with Gasteiger partial charge in [0.15, 0.2) is 0 Å². The smallest absolute Gasteiger partial charge is 0.0330 e. The third-order valence-corrected chi connectivity index (χ3v) is 3.27. The number of rotatable bonds is 4. The van der Waals surface area contributed by atoms with Gasteiger partial charge in [-0.25, -0.2) is 0 Å². The molecule has 1 aliphatic carbocycles. The quantitative estimate of drug-likeness (QED) is 0.746. The number of fused-ring (bicyclic) bond motifs is 1. The Morgan fingerprint density at radius 2 is 2.25 bits per heavy atom. The highest BCUT2D eigenvalue weighted by atomic mass is 14.9. The maximum atomic E-state index is 7.39. The molecule has 1 unspecified atom stereocenters. The summed E-state index contributed by atoms with van der Waals surface area (Å²) in [7, 11) is 0. The molecule has 1 aromatic carbocycles. The molecule has 2 rings (SSSR count). The molecule has 1 aliphatic rings. The van der Waals surface area contributed by atoms with Crippen molar-refractivity contribution in [1.82, 2.24) is 5.32 Å². The van der Waals surface area contributed by atoms with Crippen molar-refractivity contribution in [1.29, 1.82) is 5.41 Å². The highest BCUT2D eigenvalue weighted by Crippen LogP contribution is 2.30. The fraction of sp³-hybridized carbons (Fsp3) is 0.500. The number of aryl methyl sites for hydroxylation is 1. The van der Waals surface area contributed by atoms with E-state index in [9.17, 15) is 0 Å². The van der Waals surface area contributed by atoms with Crippen LogP contribution in [0.5, 0.6) is 0 Å². The number of hydrogen-bond donors (Lipinski definition) is 2. The van der Waals surface area contributed by atoms with Gasteiger partial charge in [0, 0.05) is 18.8 Å². The maximum absolute atomic E-state index is 7.39. The summed E-state index contributed by atoms with van der Waals surface area (Å²) in [5.74, 6) is 0.643. The minimum atomic E-state index is 0.643. The zero-order chi connectivity index (χ0) is 11.4. The largest absolute Gasteiger partial charge is 0.311 e. The molecule has 16 heavy (non-hydrogen) atoms. The molecule has 2 heteroatoms. The summed E-state index contributed by atoms with van der Waals surface area (Å²) >= 11 is 0. The summed E-state index contributed by atoms with van der Waals surface area (Å²) in [6, 6.07) is 8.79. The van der Waals surface area contributed by atoms with Crippen LogP contribution in [0.4, 0.5) is 0 Å². The van der Waals surface area contributed by atoms with E-state index in [1.165, 1.54) is 30.4 Å². The van der Waals surface area contributed by atoms with Gasteiger partial charge in [0.2, 0.25) is 0 Å². The Morgan fingerprint density at radius 1 is 1.44 bits per heavy atom. The molecule has 0 heterocycles. The molecule has 0 aromatic heterocycles. The van der Waals surface area contributed by atoms with E-state index in [1.807, 2.05) is 6.92 Å². The van der Waals surface area contributed by atoms with E-state index in [1.54, 1.807) is 0 Å². The van der Waals surface area contributed by atoms with E-state index in [2.05, 4.69) is 29.6 Å². The van der Waals surface area contributed by atoms with Crippen LogP contribution in [0.2, 0.25) is 0 Å². The Kier molecular flexibility index (Phi) is 3.73. The Hall–Kier alpha value is -1.15. The van der Waals surface area contributed by atoms with E-state index >= 15 is 0 Å². The molecular weight excluding hydrogens is 196 g/mol. The molecule has 0 spiro atoms. The second-order valence-corrected chi connectivity index (χ2v) is 4.70. The second kappa shape index (κ2) is 5.26. The van der Waals surface area contributed by atoms with Crippen molar-refractivity contribution in [3.8, 4) is 0 Å². The van der Waals surface area contributed by atoms with Crippen LogP contribution in [0.15, 0.2) is 24.3 Å². The second-order valence-electron chi connectivity index (χ2n) is 4.70. The molecule has 2 N–H and O–H groups in total. The van der Waals surface area contributed by atoms with Crippen LogP contribution >= 0.6 is 0 Å². The minimum Gasteiger partial charge on any atom is -0.311 e. The van der Waals surface area contributed by atoms with Crippen molar-refractivity contribution in [2.24, 2.45) is 0 Å². The summed E-state index contributed by atoms with van der Waals surface area (Å²) < 4.78 is 0. The lowest BCUT2D eigenvalue weighted by Crippen LogP contribution is -2.27. The summed E-state index contributed by atoms with van der Waals surface area (Å²) in [6.07, 6.45) is 3.81. The Bertz CT molecular complexity index is 371. The molecular formula is C14H20N2. The van der Waals surface area contributed by atoms with Crippen molar-refractivity contribution in [2.75, 3.05) is 13.1 Å². The van der Waals surface area contributed by atoms with Gasteiger partial charge in [-0.3, -0.25) is 0 Å². The first-order chi connectivity index (χ1) is 7.77.